The summed E-state index contributed by atoms with van der Waals surface area (Å²) in [4.78, 5) is 52.6. The number of aromatic nitrogens is 4. The zero-order chi connectivity index (χ0) is 45.1. The first-order valence-corrected chi connectivity index (χ1v) is 22.8. The van der Waals surface area contributed by atoms with Crippen LogP contribution >= 0.6 is 22.7 Å². The summed E-state index contributed by atoms with van der Waals surface area (Å²) in [5, 5.41) is 14.1. The topological polar surface area (TPSA) is 191 Å². The minimum absolute atomic E-state index is 0.0303. The van der Waals surface area contributed by atoms with Crippen LogP contribution in [-0.4, -0.2) is 101 Å². The number of likely N-dealkylation sites (tertiary alicyclic amines) is 2. The van der Waals surface area contributed by atoms with Gasteiger partial charge in [0.1, 0.15) is 0 Å². The van der Waals surface area contributed by atoms with Crippen molar-refractivity contribution < 1.29 is 23.9 Å². The molecule has 2 aliphatic heterocycles. The number of hydrogen-bond donors (Lipinski definition) is 5. The van der Waals surface area contributed by atoms with E-state index in [1.807, 2.05) is 39.8 Å². The monoisotopic (exact) mass is 885 g/mol. The van der Waals surface area contributed by atoms with E-state index in [9.17, 15) is 14.4 Å². The maximum Gasteiger partial charge on any atom is 0.292 e. The lowest BCUT2D eigenvalue weighted by atomic mass is 10.0. The largest absolute Gasteiger partial charge is 0.471 e. The molecular formula is C46H63N9O5S2. The predicted molar refractivity (Wildman–Crippen MR) is 253 cm³/mol. The standard InChI is InChI=1S/C24H16N4S2.C8H14N2O2.C6H13N3O.2C3H8.C2H4O2/c1-5-17(21-9-10-27-28-21)6-2-15(1)19-12-29-24-20(13-30-23(19)24)16-3-7-18(8-4-16)22-11-25-14-26-22;1-7(11)9-6-8(12)10-4-2-3-5-10;7-8-5-6(10)9-3-1-2-4-9;2*1-3-2;1-4-2-3/h1-14H,(H,25,26)(H,27,28);2-6H2,1H3,(H,9,11);8H,1-5,7H2;2*3H2,1-2H3;2H,1H3. The Morgan fingerprint density at radius 3 is 1.55 bits per heavy atom. The Balaban J connectivity index is 0.000000263. The zero-order valence-corrected chi connectivity index (χ0v) is 38.5. The Bertz CT molecular complexity index is 2020. The number of carbonyl (C=O) groups is 4. The summed E-state index contributed by atoms with van der Waals surface area (Å²) in [6, 6.07) is 19.3. The molecule has 16 heteroatoms. The molecule has 0 radical (unpaired) electrons. The SMILES string of the molecule is CC(=O)NCC(=O)N1CCCC1.CCC.CCC.COC=O.NNCC(=O)N1CCCC1.c1cc(-c2ccc(-c3csc4c(-c5ccc(-c6cnc[nH]6)cc5)csc34)cc2)[nH]n1. The minimum Gasteiger partial charge on any atom is -0.471 e. The third kappa shape index (κ3) is 16.3. The van der Waals surface area contributed by atoms with Gasteiger partial charge in [0.05, 0.1) is 53.5 Å². The number of thiophene rings is 2. The van der Waals surface area contributed by atoms with Crippen LogP contribution in [0, 0.1) is 0 Å². The number of H-pyrrole nitrogens is 2. The fraction of sp³-hybridized carbons (Fsp3) is 0.391. The molecule has 62 heavy (non-hydrogen) atoms. The number of rotatable bonds is 9. The van der Waals surface area contributed by atoms with E-state index in [4.69, 9.17) is 10.6 Å². The van der Waals surface area contributed by atoms with Crippen LogP contribution in [0.25, 0.3) is 54.2 Å². The van der Waals surface area contributed by atoms with Crippen molar-refractivity contribution in [3.05, 3.63) is 84.1 Å². The highest BCUT2D eigenvalue weighted by atomic mass is 32.1. The van der Waals surface area contributed by atoms with Crippen molar-refractivity contribution in [2.24, 2.45) is 5.84 Å². The molecule has 2 aromatic carbocycles. The Labute approximate surface area is 373 Å². The van der Waals surface area contributed by atoms with Crippen molar-refractivity contribution in [1.82, 2.24) is 40.7 Å². The fourth-order valence-corrected chi connectivity index (χ4v) is 8.61. The van der Waals surface area contributed by atoms with E-state index in [-0.39, 0.29) is 30.8 Å². The van der Waals surface area contributed by atoms with Crippen LogP contribution in [0.5, 0.6) is 0 Å². The average molecular weight is 886 g/mol. The third-order valence-electron chi connectivity index (χ3n) is 9.05. The molecular weight excluding hydrogens is 823 g/mol. The van der Waals surface area contributed by atoms with Gasteiger partial charge in [-0.1, -0.05) is 89.1 Å². The number of ether oxygens (including phenoxy) is 1. The molecule has 14 nitrogen and oxygen atoms in total. The van der Waals surface area contributed by atoms with Crippen LogP contribution in [0.3, 0.4) is 0 Å². The molecule has 8 rings (SSSR count). The molecule has 2 saturated heterocycles. The Kier molecular flexibility index (Phi) is 23.5. The molecule has 2 fully saturated rings. The van der Waals surface area contributed by atoms with E-state index < -0.39 is 0 Å². The van der Waals surface area contributed by atoms with Gasteiger partial charge >= 0.3 is 0 Å². The number of hydrazine groups is 1. The molecule has 0 bridgehead atoms. The summed E-state index contributed by atoms with van der Waals surface area (Å²) in [5.74, 6) is 4.99. The number of aromatic amines is 2. The first-order valence-electron chi connectivity index (χ1n) is 21.0. The maximum absolute atomic E-state index is 11.3. The molecule has 3 amide bonds. The number of benzene rings is 2. The van der Waals surface area contributed by atoms with Crippen molar-refractivity contribution in [1.29, 1.82) is 0 Å². The van der Waals surface area contributed by atoms with Gasteiger partial charge in [-0.05, 0) is 54.0 Å². The lowest BCUT2D eigenvalue weighted by molar-refractivity contribution is -0.131. The first-order chi connectivity index (χ1) is 30.1. The van der Waals surface area contributed by atoms with Crippen LogP contribution in [0.1, 0.15) is 73.1 Å². The summed E-state index contributed by atoms with van der Waals surface area (Å²) in [6.45, 7) is 14.2. The van der Waals surface area contributed by atoms with E-state index >= 15 is 0 Å². The van der Waals surface area contributed by atoms with E-state index in [0.717, 1.165) is 74.4 Å². The Hall–Kier alpha value is -5.68. The van der Waals surface area contributed by atoms with Gasteiger partial charge < -0.3 is 24.8 Å². The number of nitrogens with zero attached hydrogens (tertiary/aromatic N) is 4. The quantitative estimate of drug-likeness (QED) is 0.0538. The van der Waals surface area contributed by atoms with Crippen LogP contribution in [-0.2, 0) is 23.9 Å². The smallest absolute Gasteiger partial charge is 0.292 e. The van der Waals surface area contributed by atoms with Gasteiger partial charge in [0, 0.05) is 61.2 Å². The second-order valence-corrected chi connectivity index (χ2v) is 16.0. The summed E-state index contributed by atoms with van der Waals surface area (Å²) < 4.78 is 6.56. The molecule has 6 heterocycles. The molecule has 334 valence electrons. The van der Waals surface area contributed by atoms with Crippen molar-refractivity contribution in [3.8, 4) is 44.8 Å². The number of fused-ring (bicyclic) bond motifs is 1. The molecule has 0 spiro atoms. The number of hydrogen-bond acceptors (Lipinski definition) is 11. The van der Waals surface area contributed by atoms with Gasteiger partial charge in [-0.3, -0.25) is 35.5 Å². The molecule has 2 aliphatic rings. The summed E-state index contributed by atoms with van der Waals surface area (Å²) in [6.07, 6.45) is 12.3. The first kappa shape index (κ1) is 50.7. The third-order valence-corrected chi connectivity index (χ3v) is 11.2. The van der Waals surface area contributed by atoms with Crippen molar-refractivity contribution in [2.45, 2.75) is 73.1 Å². The molecule has 0 unspecified atom stereocenters. The number of amides is 3. The Morgan fingerprint density at radius 2 is 1.18 bits per heavy atom. The van der Waals surface area contributed by atoms with E-state index in [1.165, 1.54) is 58.5 Å². The second-order valence-electron chi connectivity index (χ2n) is 14.3. The maximum atomic E-state index is 11.3. The van der Waals surface area contributed by atoms with Crippen LogP contribution < -0.4 is 16.6 Å². The summed E-state index contributed by atoms with van der Waals surface area (Å²) in [7, 11) is 1.31. The number of carbonyl (C=O) groups excluding carboxylic acids is 4. The lowest BCUT2D eigenvalue weighted by Gasteiger charge is -2.14. The van der Waals surface area contributed by atoms with Gasteiger partial charge in [0.15, 0.2) is 0 Å². The van der Waals surface area contributed by atoms with E-state index in [1.54, 1.807) is 17.4 Å². The lowest BCUT2D eigenvalue weighted by Crippen LogP contribution is -2.38. The number of imidazole rings is 1. The molecule has 0 saturated carbocycles. The number of nitrogens with two attached hydrogens (primary N) is 1. The van der Waals surface area contributed by atoms with E-state index in [0.29, 0.717) is 6.47 Å². The highest BCUT2D eigenvalue weighted by molar-refractivity contribution is 7.27. The van der Waals surface area contributed by atoms with Crippen molar-refractivity contribution >= 4 is 56.3 Å². The normalized spacial score (nSPS) is 12.4. The summed E-state index contributed by atoms with van der Waals surface area (Å²) >= 11 is 3.64. The van der Waals surface area contributed by atoms with Crippen molar-refractivity contribution in [3.63, 3.8) is 0 Å². The minimum atomic E-state index is -0.150. The average Bonchev–Trinajstić information content (AvgIpc) is 4.14. The summed E-state index contributed by atoms with van der Waals surface area (Å²) in [5.41, 5.74) is 11.8. The van der Waals surface area contributed by atoms with Gasteiger partial charge in [0.25, 0.3) is 6.47 Å². The van der Waals surface area contributed by atoms with Crippen LogP contribution in [0.2, 0.25) is 0 Å². The highest BCUT2D eigenvalue weighted by Crippen LogP contribution is 2.44. The van der Waals surface area contributed by atoms with Gasteiger partial charge in [-0.2, -0.15) is 5.10 Å². The molecule has 6 N–H and O–H groups in total. The highest BCUT2D eigenvalue weighted by Gasteiger charge is 2.18. The number of nitrogens with one attached hydrogen (secondary N) is 4. The molecule has 0 atom stereocenters. The van der Waals surface area contributed by atoms with Crippen LogP contribution in [0.4, 0.5) is 0 Å². The second kappa shape index (κ2) is 28.8. The van der Waals surface area contributed by atoms with Gasteiger partial charge in [0.2, 0.25) is 17.7 Å². The van der Waals surface area contributed by atoms with E-state index in [2.05, 4.69) is 123 Å². The predicted octanol–water partition coefficient (Wildman–Crippen LogP) is 8.52. The zero-order valence-electron chi connectivity index (χ0n) is 36.9. The van der Waals surface area contributed by atoms with Gasteiger partial charge in [-0.25, -0.2) is 4.98 Å². The van der Waals surface area contributed by atoms with Crippen molar-refractivity contribution in [2.75, 3.05) is 46.4 Å². The van der Waals surface area contributed by atoms with Gasteiger partial charge in [-0.15, -0.1) is 22.7 Å². The fourth-order valence-electron chi connectivity index (χ4n) is 6.15. The Morgan fingerprint density at radius 1 is 0.742 bits per heavy atom. The molecule has 0 aliphatic carbocycles. The molecule has 6 aromatic rings. The molecule has 4 aromatic heterocycles. The number of methoxy groups -OCH3 is 1. The van der Waals surface area contributed by atoms with Crippen LogP contribution in [0.15, 0.2) is 84.1 Å².